The van der Waals surface area contributed by atoms with Crippen molar-refractivity contribution in [3.05, 3.63) is 11.5 Å². The number of hydrogen-bond donors (Lipinski definition) is 1. The van der Waals surface area contributed by atoms with Gasteiger partial charge in [0.15, 0.2) is 11.0 Å². The molecule has 2 aromatic rings. The van der Waals surface area contributed by atoms with Gasteiger partial charge in [-0.05, 0) is 38.5 Å². The van der Waals surface area contributed by atoms with Crippen molar-refractivity contribution in [2.75, 3.05) is 5.73 Å². The molecule has 2 heterocycles. The maximum atomic E-state index is 5.73. The molecule has 0 atom stereocenters. The molecule has 5 nitrogen and oxygen atoms in total. The smallest absolute Gasteiger partial charge is 0.270 e. The van der Waals surface area contributed by atoms with E-state index in [1.54, 1.807) is 0 Å². The van der Waals surface area contributed by atoms with Crippen molar-refractivity contribution in [2.45, 2.75) is 58.3 Å². The van der Waals surface area contributed by atoms with Crippen LogP contribution in [0.2, 0.25) is 0 Å². The first-order valence-corrected chi connectivity index (χ1v) is 8.56. The molecule has 0 saturated heterocycles. The van der Waals surface area contributed by atoms with Crippen LogP contribution in [0.3, 0.4) is 0 Å². The number of aryl methyl sites for hydroxylation is 1. The Labute approximate surface area is 129 Å². The van der Waals surface area contributed by atoms with Gasteiger partial charge in [-0.25, -0.2) is 4.98 Å². The van der Waals surface area contributed by atoms with Crippen molar-refractivity contribution < 1.29 is 4.52 Å². The van der Waals surface area contributed by atoms with Crippen LogP contribution in [0, 0.1) is 12.8 Å². The van der Waals surface area contributed by atoms with E-state index in [0.717, 1.165) is 22.3 Å². The van der Waals surface area contributed by atoms with Crippen LogP contribution in [0.5, 0.6) is 0 Å². The zero-order valence-corrected chi connectivity index (χ0v) is 13.4. The molecule has 1 fully saturated rings. The van der Waals surface area contributed by atoms with Gasteiger partial charge in [0.1, 0.15) is 4.88 Å². The summed E-state index contributed by atoms with van der Waals surface area (Å²) in [7, 11) is 0. The second-order valence-corrected chi connectivity index (χ2v) is 6.96. The zero-order valence-electron chi connectivity index (χ0n) is 12.6. The molecule has 3 rings (SSSR count). The van der Waals surface area contributed by atoms with Crippen molar-refractivity contribution >= 4 is 16.5 Å². The van der Waals surface area contributed by atoms with E-state index >= 15 is 0 Å². The Morgan fingerprint density at radius 1 is 1.24 bits per heavy atom. The lowest BCUT2D eigenvalue weighted by Crippen LogP contribution is -2.14. The Morgan fingerprint density at radius 2 is 2.00 bits per heavy atom. The van der Waals surface area contributed by atoms with Crippen LogP contribution in [0.4, 0.5) is 5.13 Å². The fourth-order valence-electron chi connectivity index (χ4n) is 3.23. The van der Waals surface area contributed by atoms with E-state index in [2.05, 4.69) is 22.0 Å². The molecular weight excluding hydrogens is 284 g/mol. The Bertz CT molecular complexity index is 599. The second-order valence-electron chi connectivity index (χ2n) is 5.93. The molecule has 1 aliphatic carbocycles. The predicted molar refractivity (Wildman–Crippen MR) is 84.2 cm³/mol. The van der Waals surface area contributed by atoms with Crippen molar-refractivity contribution in [3.8, 4) is 10.8 Å². The first-order valence-electron chi connectivity index (χ1n) is 7.74. The van der Waals surface area contributed by atoms with Crippen LogP contribution in [0.1, 0.15) is 62.9 Å². The number of nitrogens with zero attached hydrogens (tertiary/aromatic N) is 3. The SMILES string of the molecule is CCCC1CCC(c2noc(-c3sc(N)nc3C)n2)CC1. The van der Waals surface area contributed by atoms with E-state index in [4.69, 9.17) is 10.3 Å². The van der Waals surface area contributed by atoms with Crippen molar-refractivity contribution in [1.82, 2.24) is 15.1 Å². The number of thiazole rings is 1. The van der Waals surface area contributed by atoms with Gasteiger partial charge in [-0.3, -0.25) is 0 Å². The molecule has 1 aliphatic rings. The monoisotopic (exact) mass is 306 g/mol. The van der Waals surface area contributed by atoms with Crippen LogP contribution in [0.15, 0.2) is 4.52 Å². The molecular formula is C15H22N4OS. The van der Waals surface area contributed by atoms with Crippen LogP contribution < -0.4 is 5.73 Å². The highest BCUT2D eigenvalue weighted by Crippen LogP contribution is 2.37. The minimum Gasteiger partial charge on any atom is -0.375 e. The fourth-order valence-corrected chi connectivity index (χ4v) is 3.98. The summed E-state index contributed by atoms with van der Waals surface area (Å²) in [5.74, 6) is 2.75. The molecule has 0 aliphatic heterocycles. The van der Waals surface area contributed by atoms with Gasteiger partial charge in [0.05, 0.1) is 5.69 Å². The van der Waals surface area contributed by atoms with Crippen molar-refractivity contribution in [1.29, 1.82) is 0 Å². The van der Waals surface area contributed by atoms with E-state index in [9.17, 15) is 0 Å². The summed E-state index contributed by atoms with van der Waals surface area (Å²) in [5.41, 5.74) is 6.59. The predicted octanol–water partition coefficient (Wildman–Crippen LogP) is 4.16. The van der Waals surface area contributed by atoms with Crippen molar-refractivity contribution in [2.24, 2.45) is 5.92 Å². The molecule has 0 spiro atoms. The van der Waals surface area contributed by atoms with E-state index in [0.29, 0.717) is 16.9 Å². The summed E-state index contributed by atoms with van der Waals surface area (Å²) >= 11 is 1.40. The fraction of sp³-hybridized carbons (Fsp3) is 0.667. The maximum Gasteiger partial charge on any atom is 0.270 e. The van der Waals surface area contributed by atoms with Gasteiger partial charge >= 0.3 is 0 Å². The van der Waals surface area contributed by atoms with E-state index in [1.165, 1.54) is 49.9 Å². The third-order valence-electron chi connectivity index (χ3n) is 4.36. The molecule has 0 aromatic carbocycles. The molecule has 1 saturated carbocycles. The summed E-state index contributed by atoms with van der Waals surface area (Å²) in [5, 5.41) is 4.73. The van der Waals surface area contributed by atoms with Gasteiger partial charge < -0.3 is 10.3 Å². The van der Waals surface area contributed by atoms with Crippen LogP contribution in [-0.4, -0.2) is 15.1 Å². The third-order valence-corrected chi connectivity index (χ3v) is 5.33. The highest BCUT2D eigenvalue weighted by molar-refractivity contribution is 7.18. The van der Waals surface area contributed by atoms with Gasteiger partial charge in [-0.15, -0.1) is 0 Å². The number of rotatable bonds is 4. The first-order chi connectivity index (χ1) is 10.2. The molecule has 0 bridgehead atoms. The Balaban J connectivity index is 1.70. The molecule has 0 amide bonds. The summed E-state index contributed by atoms with van der Waals surface area (Å²) in [6.45, 7) is 4.18. The average Bonchev–Trinajstić information content (AvgIpc) is 3.06. The summed E-state index contributed by atoms with van der Waals surface area (Å²) < 4.78 is 5.43. The molecule has 114 valence electrons. The van der Waals surface area contributed by atoms with Gasteiger partial charge in [-0.1, -0.05) is 36.3 Å². The molecule has 0 unspecified atom stereocenters. The lowest BCUT2D eigenvalue weighted by Gasteiger charge is -2.26. The highest BCUT2D eigenvalue weighted by atomic mass is 32.1. The second kappa shape index (κ2) is 6.13. The summed E-state index contributed by atoms with van der Waals surface area (Å²) in [4.78, 5) is 9.69. The Morgan fingerprint density at radius 3 is 2.62 bits per heavy atom. The number of anilines is 1. The lowest BCUT2D eigenvalue weighted by atomic mass is 9.80. The van der Waals surface area contributed by atoms with Crippen molar-refractivity contribution in [3.63, 3.8) is 0 Å². The highest BCUT2D eigenvalue weighted by Gasteiger charge is 2.26. The van der Waals surface area contributed by atoms with Gasteiger partial charge in [0.25, 0.3) is 5.89 Å². The van der Waals surface area contributed by atoms with E-state index in [-0.39, 0.29) is 0 Å². The zero-order chi connectivity index (χ0) is 14.8. The van der Waals surface area contributed by atoms with E-state index in [1.807, 2.05) is 6.92 Å². The Hall–Kier alpha value is -1.43. The number of nitrogen functional groups attached to an aromatic ring is 1. The number of aromatic nitrogens is 3. The number of hydrogen-bond acceptors (Lipinski definition) is 6. The standard InChI is InChI=1S/C15H22N4OS/c1-3-4-10-5-7-11(8-6-10)13-18-14(20-19-13)12-9(2)17-15(16)21-12/h10-11H,3-8H2,1-2H3,(H2,16,17). The maximum absolute atomic E-state index is 5.73. The normalized spacial score (nSPS) is 22.6. The summed E-state index contributed by atoms with van der Waals surface area (Å²) in [6, 6.07) is 0. The minimum atomic E-state index is 0.446. The van der Waals surface area contributed by atoms with Crippen LogP contribution >= 0.6 is 11.3 Å². The molecule has 6 heteroatoms. The van der Waals surface area contributed by atoms with Gasteiger partial charge in [0, 0.05) is 5.92 Å². The quantitative estimate of drug-likeness (QED) is 0.917. The molecule has 21 heavy (non-hydrogen) atoms. The van der Waals surface area contributed by atoms with Crippen LogP contribution in [0.25, 0.3) is 10.8 Å². The van der Waals surface area contributed by atoms with Crippen LogP contribution in [-0.2, 0) is 0 Å². The minimum absolute atomic E-state index is 0.446. The number of nitrogens with two attached hydrogens (primary N) is 1. The average molecular weight is 306 g/mol. The third kappa shape index (κ3) is 3.10. The molecule has 0 radical (unpaired) electrons. The Kier molecular flexibility index (Phi) is 4.24. The van der Waals surface area contributed by atoms with E-state index < -0.39 is 0 Å². The lowest BCUT2D eigenvalue weighted by molar-refractivity contribution is 0.296. The van der Waals surface area contributed by atoms with Gasteiger partial charge in [-0.2, -0.15) is 4.98 Å². The first kappa shape index (κ1) is 14.5. The molecule has 2 N–H and O–H groups in total. The summed E-state index contributed by atoms with van der Waals surface area (Å²) in [6.07, 6.45) is 7.56. The topological polar surface area (TPSA) is 77.8 Å². The molecule has 2 aromatic heterocycles. The van der Waals surface area contributed by atoms with Gasteiger partial charge in [0.2, 0.25) is 0 Å². The largest absolute Gasteiger partial charge is 0.375 e.